The summed E-state index contributed by atoms with van der Waals surface area (Å²) in [5, 5.41) is 3.10. The molecule has 1 fully saturated rings. The fourth-order valence-corrected chi connectivity index (χ4v) is 1.98. The molecule has 17 heavy (non-hydrogen) atoms. The molecule has 1 aliphatic rings. The first-order valence-corrected chi connectivity index (χ1v) is 5.95. The van der Waals surface area contributed by atoms with Crippen molar-refractivity contribution in [1.29, 1.82) is 0 Å². The number of halogens is 1. The van der Waals surface area contributed by atoms with Crippen LogP contribution in [-0.2, 0) is 4.74 Å². The summed E-state index contributed by atoms with van der Waals surface area (Å²) in [7, 11) is 2.07. The molecule has 0 spiro atoms. The van der Waals surface area contributed by atoms with Gasteiger partial charge < -0.3 is 15.0 Å². The summed E-state index contributed by atoms with van der Waals surface area (Å²) in [6.45, 7) is 5.13. The van der Waals surface area contributed by atoms with Crippen molar-refractivity contribution in [2.45, 2.75) is 13.0 Å². The molecule has 1 saturated heterocycles. The van der Waals surface area contributed by atoms with Gasteiger partial charge in [-0.15, -0.1) is 0 Å². The maximum atomic E-state index is 13.6. The van der Waals surface area contributed by atoms with E-state index in [1.807, 2.05) is 13.0 Å². The maximum Gasteiger partial charge on any atom is 0.146 e. The standard InChI is InChI=1S/C13H19FN2O/c1-10-3-4-13(12(14)7-10)15-8-11-9-16(2)5-6-17-11/h3-4,7,11,15H,5-6,8-9H2,1-2H3. The molecule has 0 aromatic heterocycles. The number of rotatable bonds is 3. The van der Waals surface area contributed by atoms with Gasteiger partial charge in [0.05, 0.1) is 18.4 Å². The van der Waals surface area contributed by atoms with E-state index in [4.69, 9.17) is 4.74 Å². The quantitative estimate of drug-likeness (QED) is 0.870. The van der Waals surface area contributed by atoms with E-state index in [1.165, 1.54) is 6.07 Å². The maximum absolute atomic E-state index is 13.6. The molecule has 1 atom stereocenters. The third kappa shape index (κ3) is 3.41. The Morgan fingerprint density at radius 2 is 2.35 bits per heavy atom. The Bertz CT molecular complexity index is 384. The highest BCUT2D eigenvalue weighted by Gasteiger charge is 2.17. The molecule has 1 aliphatic heterocycles. The lowest BCUT2D eigenvalue weighted by Crippen LogP contribution is -2.43. The first-order chi connectivity index (χ1) is 8.15. The van der Waals surface area contributed by atoms with Crippen molar-refractivity contribution in [2.75, 3.05) is 38.6 Å². The number of anilines is 1. The minimum atomic E-state index is -0.200. The second kappa shape index (κ2) is 5.47. The molecule has 1 unspecified atom stereocenters. The predicted octanol–water partition coefficient (Wildman–Crippen LogP) is 1.88. The van der Waals surface area contributed by atoms with Gasteiger partial charge in [0.25, 0.3) is 0 Å². The number of aryl methyl sites for hydroxylation is 1. The van der Waals surface area contributed by atoms with Gasteiger partial charge in [-0.05, 0) is 31.7 Å². The van der Waals surface area contributed by atoms with E-state index in [9.17, 15) is 4.39 Å². The Morgan fingerprint density at radius 3 is 3.06 bits per heavy atom. The molecule has 0 saturated carbocycles. The zero-order valence-corrected chi connectivity index (χ0v) is 10.4. The average molecular weight is 238 g/mol. The van der Waals surface area contributed by atoms with Gasteiger partial charge in [0.15, 0.2) is 0 Å². The molecule has 94 valence electrons. The Morgan fingerprint density at radius 1 is 1.53 bits per heavy atom. The van der Waals surface area contributed by atoms with Gasteiger partial charge in [-0.1, -0.05) is 6.07 Å². The molecule has 3 nitrogen and oxygen atoms in total. The van der Waals surface area contributed by atoms with Crippen LogP contribution in [0.1, 0.15) is 5.56 Å². The molecule has 1 heterocycles. The summed E-state index contributed by atoms with van der Waals surface area (Å²) in [6, 6.07) is 5.21. The van der Waals surface area contributed by atoms with E-state index in [0.717, 1.165) is 25.3 Å². The van der Waals surface area contributed by atoms with Crippen molar-refractivity contribution in [3.05, 3.63) is 29.6 Å². The number of nitrogens with zero attached hydrogens (tertiary/aromatic N) is 1. The van der Waals surface area contributed by atoms with Gasteiger partial charge in [-0.25, -0.2) is 4.39 Å². The summed E-state index contributed by atoms with van der Waals surface area (Å²) in [4.78, 5) is 2.22. The Labute approximate surface area is 102 Å². The molecule has 4 heteroatoms. The monoisotopic (exact) mass is 238 g/mol. The molecule has 1 aromatic rings. The van der Waals surface area contributed by atoms with Crippen LogP contribution in [0.2, 0.25) is 0 Å². The van der Waals surface area contributed by atoms with Crippen LogP contribution >= 0.6 is 0 Å². The number of nitrogens with one attached hydrogen (secondary N) is 1. The molecular formula is C13H19FN2O. The number of benzene rings is 1. The minimum absolute atomic E-state index is 0.134. The van der Waals surface area contributed by atoms with E-state index in [0.29, 0.717) is 12.2 Å². The van der Waals surface area contributed by atoms with Crippen LogP contribution in [0.25, 0.3) is 0 Å². The van der Waals surface area contributed by atoms with E-state index in [2.05, 4.69) is 17.3 Å². The zero-order valence-electron chi connectivity index (χ0n) is 10.4. The number of hydrogen-bond donors (Lipinski definition) is 1. The van der Waals surface area contributed by atoms with Crippen molar-refractivity contribution in [3.63, 3.8) is 0 Å². The van der Waals surface area contributed by atoms with Crippen molar-refractivity contribution in [2.24, 2.45) is 0 Å². The van der Waals surface area contributed by atoms with Crippen molar-refractivity contribution >= 4 is 5.69 Å². The second-order valence-corrected chi connectivity index (χ2v) is 4.62. The lowest BCUT2D eigenvalue weighted by molar-refractivity contribution is -0.0117. The molecule has 0 radical (unpaired) electrons. The normalized spacial score (nSPS) is 21.5. The van der Waals surface area contributed by atoms with Crippen LogP contribution in [0.5, 0.6) is 0 Å². The molecule has 0 amide bonds. The van der Waals surface area contributed by atoms with Crippen LogP contribution in [0.4, 0.5) is 10.1 Å². The van der Waals surface area contributed by atoms with Crippen LogP contribution in [-0.4, -0.2) is 44.3 Å². The topological polar surface area (TPSA) is 24.5 Å². The summed E-state index contributed by atoms with van der Waals surface area (Å²) in [5.74, 6) is -0.200. The van der Waals surface area contributed by atoms with Crippen molar-refractivity contribution < 1.29 is 9.13 Å². The summed E-state index contributed by atoms with van der Waals surface area (Å²) in [6.07, 6.45) is 0.134. The smallest absolute Gasteiger partial charge is 0.146 e. The van der Waals surface area contributed by atoms with Gasteiger partial charge in [0.1, 0.15) is 5.82 Å². The summed E-state index contributed by atoms with van der Waals surface area (Å²) in [5.41, 5.74) is 1.48. The third-order valence-corrected chi connectivity index (χ3v) is 2.99. The first kappa shape index (κ1) is 12.3. The lowest BCUT2D eigenvalue weighted by Gasteiger charge is -2.30. The Balaban J connectivity index is 1.88. The molecular weight excluding hydrogens is 219 g/mol. The van der Waals surface area contributed by atoms with E-state index in [-0.39, 0.29) is 11.9 Å². The molecule has 0 aliphatic carbocycles. The molecule has 2 rings (SSSR count). The van der Waals surface area contributed by atoms with Gasteiger partial charge >= 0.3 is 0 Å². The third-order valence-electron chi connectivity index (χ3n) is 2.99. The minimum Gasteiger partial charge on any atom is -0.380 e. The first-order valence-electron chi connectivity index (χ1n) is 5.95. The molecule has 1 aromatic carbocycles. The molecule has 0 bridgehead atoms. The van der Waals surface area contributed by atoms with E-state index >= 15 is 0 Å². The number of morpholine rings is 1. The second-order valence-electron chi connectivity index (χ2n) is 4.62. The predicted molar refractivity (Wildman–Crippen MR) is 66.9 cm³/mol. The molecule has 1 N–H and O–H groups in total. The van der Waals surface area contributed by atoms with Crippen LogP contribution in [0.15, 0.2) is 18.2 Å². The van der Waals surface area contributed by atoms with E-state index < -0.39 is 0 Å². The van der Waals surface area contributed by atoms with E-state index in [1.54, 1.807) is 6.07 Å². The van der Waals surface area contributed by atoms with Crippen LogP contribution in [0, 0.1) is 12.7 Å². The summed E-state index contributed by atoms with van der Waals surface area (Å²) >= 11 is 0. The average Bonchev–Trinajstić information content (AvgIpc) is 2.28. The number of likely N-dealkylation sites (N-methyl/N-ethyl adjacent to an activating group) is 1. The van der Waals surface area contributed by atoms with Gasteiger partial charge in [0.2, 0.25) is 0 Å². The highest BCUT2D eigenvalue weighted by molar-refractivity contribution is 5.46. The fourth-order valence-electron chi connectivity index (χ4n) is 1.98. The highest BCUT2D eigenvalue weighted by atomic mass is 19.1. The number of ether oxygens (including phenoxy) is 1. The highest BCUT2D eigenvalue weighted by Crippen LogP contribution is 2.15. The Hall–Kier alpha value is -1.13. The van der Waals surface area contributed by atoms with Crippen LogP contribution in [0.3, 0.4) is 0 Å². The number of hydrogen-bond acceptors (Lipinski definition) is 3. The van der Waals surface area contributed by atoms with Crippen molar-refractivity contribution in [3.8, 4) is 0 Å². The van der Waals surface area contributed by atoms with Crippen molar-refractivity contribution in [1.82, 2.24) is 4.90 Å². The van der Waals surface area contributed by atoms with Gasteiger partial charge in [0, 0.05) is 19.6 Å². The SMILES string of the molecule is Cc1ccc(NCC2CN(C)CCO2)c(F)c1. The summed E-state index contributed by atoms with van der Waals surface area (Å²) < 4.78 is 19.2. The van der Waals surface area contributed by atoms with Gasteiger partial charge in [-0.3, -0.25) is 0 Å². The zero-order chi connectivity index (χ0) is 12.3. The Kier molecular flexibility index (Phi) is 3.97. The van der Waals surface area contributed by atoms with Crippen LogP contribution < -0.4 is 5.32 Å². The lowest BCUT2D eigenvalue weighted by atomic mass is 10.2. The van der Waals surface area contributed by atoms with Gasteiger partial charge in [-0.2, -0.15) is 0 Å². The largest absolute Gasteiger partial charge is 0.380 e. The fraction of sp³-hybridized carbons (Fsp3) is 0.538.